The van der Waals surface area contributed by atoms with Crippen molar-refractivity contribution in [2.24, 2.45) is 0 Å². The molecule has 0 saturated carbocycles. The van der Waals surface area contributed by atoms with E-state index in [4.69, 9.17) is 10.00 Å². The van der Waals surface area contributed by atoms with E-state index in [0.717, 1.165) is 0 Å². The van der Waals surface area contributed by atoms with E-state index >= 15 is 0 Å². The number of hydrogen-bond donors (Lipinski definition) is 0. The molecule has 1 aromatic carbocycles. The molecule has 84 valence electrons. The maximum absolute atomic E-state index is 11.1. The van der Waals surface area contributed by atoms with Gasteiger partial charge in [-0.05, 0) is 50.9 Å². The predicted molar refractivity (Wildman–Crippen MR) is 64.2 cm³/mol. The summed E-state index contributed by atoms with van der Waals surface area (Å²) in [6, 6.07) is 5.09. The summed E-state index contributed by atoms with van der Waals surface area (Å²) in [6.07, 6.45) is -0.784. The number of carbonyl (C=O) groups is 1. The zero-order valence-electron chi connectivity index (χ0n) is 8.29. The van der Waals surface area contributed by atoms with Crippen molar-refractivity contribution in [1.82, 2.24) is 0 Å². The van der Waals surface area contributed by atoms with Crippen LogP contribution in [0.3, 0.4) is 0 Å². The number of halogens is 2. The lowest BCUT2D eigenvalue weighted by molar-refractivity contribution is 0.104. The minimum atomic E-state index is -0.784. The van der Waals surface area contributed by atoms with Crippen LogP contribution in [-0.2, 0) is 4.74 Å². The number of hydrogen-bond acceptors (Lipinski definition) is 4. The molecule has 0 atom stereocenters. The number of rotatable bonds is 2. The summed E-state index contributed by atoms with van der Waals surface area (Å²) < 4.78 is 10.6. The first-order valence-electron chi connectivity index (χ1n) is 4.32. The fourth-order valence-electron chi connectivity index (χ4n) is 0.953. The third-order valence-electron chi connectivity index (χ3n) is 1.57. The molecule has 0 saturated heterocycles. The highest BCUT2D eigenvalue weighted by molar-refractivity contribution is 9.11. The highest BCUT2D eigenvalue weighted by Crippen LogP contribution is 2.34. The van der Waals surface area contributed by atoms with Crippen molar-refractivity contribution in [3.8, 4) is 11.8 Å². The van der Waals surface area contributed by atoms with Gasteiger partial charge in [0, 0.05) is 0 Å². The maximum Gasteiger partial charge on any atom is 0.513 e. The van der Waals surface area contributed by atoms with Gasteiger partial charge in [-0.3, -0.25) is 0 Å². The van der Waals surface area contributed by atoms with E-state index in [1.807, 2.05) is 6.07 Å². The van der Waals surface area contributed by atoms with E-state index in [1.165, 1.54) is 0 Å². The summed E-state index contributed by atoms with van der Waals surface area (Å²) in [5.74, 6) is 0.289. The van der Waals surface area contributed by atoms with Crippen LogP contribution < -0.4 is 4.74 Å². The van der Waals surface area contributed by atoms with Crippen molar-refractivity contribution < 1.29 is 14.3 Å². The molecule has 0 amide bonds. The first kappa shape index (κ1) is 13.0. The largest absolute Gasteiger partial charge is 0.513 e. The van der Waals surface area contributed by atoms with Gasteiger partial charge < -0.3 is 9.47 Å². The Morgan fingerprint density at radius 1 is 1.44 bits per heavy atom. The first-order chi connectivity index (χ1) is 7.58. The van der Waals surface area contributed by atoms with Gasteiger partial charge >= 0.3 is 6.16 Å². The molecule has 1 rings (SSSR count). The van der Waals surface area contributed by atoms with Crippen molar-refractivity contribution in [3.05, 3.63) is 26.6 Å². The van der Waals surface area contributed by atoms with Gasteiger partial charge in [0.25, 0.3) is 0 Å². The van der Waals surface area contributed by atoms with Gasteiger partial charge in [0.1, 0.15) is 0 Å². The molecule has 0 aliphatic heterocycles. The fraction of sp³-hybridized carbons (Fsp3) is 0.200. The summed E-state index contributed by atoms with van der Waals surface area (Å²) in [5.41, 5.74) is 0.454. The van der Waals surface area contributed by atoms with Gasteiger partial charge in [0.05, 0.1) is 27.2 Å². The van der Waals surface area contributed by atoms with Gasteiger partial charge in [-0.25, -0.2) is 4.79 Å². The van der Waals surface area contributed by atoms with E-state index < -0.39 is 6.16 Å². The maximum atomic E-state index is 11.1. The summed E-state index contributed by atoms with van der Waals surface area (Å²) in [5, 5.41) is 8.72. The molecule has 0 radical (unpaired) electrons. The third kappa shape index (κ3) is 3.22. The van der Waals surface area contributed by atoms with E-state index in [0.29, 0.717) is 14.5 Å². The van der Waals surface area contributed by atoms with Crippen LogP contribution in [0.4, 0.5) is 4.79 Å². The van der Waals surface area contributed by atoms with Crippen LogP contribution in [0.5, 0.6) is 5.75 Å². The lowest BCUT2D eigenvalue weighted by Crippen LogP contribution is -2.10. The highest BCUT2D eigenvalue weighted by Gasteiger charge is 2.13. The number of benzene rings is 1. The zero-order valence-corrected chi connectivity index (χ0v) is 11.5. The predicted octanol–water partition coefficient (Wildman–Crippen LogP) is 3.62. The Morgan fingerprint density at radius 3 is 2.44 bits per heavy atom. The molecule has 0 aliphatic carbocycles. The molecule has 16 heavy (non-hydrogen) atoms. The molecule has 0 bridgehead atoms. The quantitative estimate of drug-likeness (QED) is 0.605. The molecule has 0 heterocycles. The summed E-state index contributed by atoms with van der Waals surface area (Å²) in [7, 11) is 0. The molecule has 4 nitrogen and oxygen atoms in total. The molecule has 0 aliphatic rings. The minimum absolute atomic E-state index is 0.240. The number of carbonyl (C=O) groups excluding carboxylic acids is 1. The SMILES string of the molecule is CCOC(=O)Oc1c(Br)cc(C#N)cc1Br. The topological polar surface area (TPSA) is 59.3 Å². The van der Waals surface area contributed by atoms with Crippen LogP contribution in [0.25, 0.3) is 0 Å². The van der Waals surface area contributed by atoms with Gasteiger partial charge in [0.2, 0.25) is 0 Å². The molecule has 1 aromatic rings. The van der Waals surface area contributed by atoms with Crippen LogP contribution >= 0.6 is 31.9 Å². The molecule has 0 aromatic heterocycles. The van der Waals surface area contributed by atoms with E-state index in [2.05, 4.69) is 36.6 Å². The van der Waals surface area contributed by atoms with E-state index in [1.54, 1.807) is 19.1 Å². The monoisotopic (exact) mass is 347 g/mol. The van der Waals surface area contributed by atoms with Crippen molar-refractivity contribution >= 4 is 38.0 Å². The molecular formula is C10H7Br2NO3. The number of ether oxygens (including phenoxy) is 2. The highest BCUT2D eigenvalue weighted by atomic mass is 79.9. The Labute approximate surface area is 109 Å². The fourth-order valence-corrected chi connectivity index (χ4v) is 2.30. The van der Waals surface area contributed by atoms with Crippen molar-refractivity contribution in [3.63, 3.8) is 0 Å². The molecule has 0 N–H and O–H groups in total. The molecule has 6 heteroatoms. The Bertz CT molecular complexity index is 431. The van der Waals surface area contributed by atoms with E-state index in [9.17, 15) is 4.79 Å². The Hall–Kier alpha value is -1.06. The standard InChI is InChI=1S/C10H7Br2NO3/c1-2-15-10(14)16-9-7(11)3-6(5-13)4-8(9)12/h3-4H,2H2,1H3. The van der Waals surface area contributed by atoms with Gasteiger partial charge in [-0.1, -0.05) is 0 Å². The lowest BCUT2D eigenvalue weighted by Gasteiger charge is -2.08. The van der Waals surface area contributed by atoms with Crippen molar-refractivity contribution in [2.45, 2.75) is 6.92 Å². The van der Waals surface area contributed by atoms with Gasteiger partial charge in [0.15, 0.2) is 5.75 Å². The van der Waals surface area contributed by atoms with Crippen LogP contribution in [0, 0.1) is 11.3 Å². The minimum Gasteiger partial charge on any atom is -0.434 e. The smallest absolute Gasteiger partial charge is 0.434 e. The lowest BCUT2D eigenvalue weighted by atomic mass is 10.2. The second-order valence-electron chi connectivity index (χ2n) is 2.67. The van der Waals surface area contributed by atoms with E-state index in [-0.39, 0.29) is 12.4 Å². The summed E-state index contributed by atoms with van der Waals surface area (Å²) in [6.45, 7) is 1.93. The Balaban J connectivity index is 2.98. The number of nitrogens with zero attached hydrogens (tertiary/aromatic N) is 1. The van der Waals surface area contributed by atoms with Crippen LogP contribution in [0.15, 0.2) is 21.1 Å². The molecule has 0 fully saturated rings. The first-order valence-corrected chi connectivity index (χ1v) is 5.90. The summed E-state index contributed by atoms with van der Waals surface area (Å²) >= 11 is 6.41. The second-order valence-corrected chi connectivity index (χ2v) is 4.37. The number of nitriles is 1. The van der Waals surface area contributed by atoms with Crippen LogP contribution in [-0.4, -0.2) is 12.8 Å². The Morgan fingerprint density at radius 2 is 2.00 bits per heavy atom. The average Bonchev–Trinajstić information content (AvgIpc) is 2.23. The molecular weight excluding hydrogens is 342 g/mol. The van der Waals surface area contributed by atoms with Crippen molar-refractivity contribution in [1.29, 1.82) is 5.26 Å². The second kappa shape index (κ2) is 5.87. The normalized spacial score (nSPS) is 9.38. The third-order valence-corrected chi connectivity index (χ3v) is 2.75. The molecule has 0 spiro atoms. The van der Waals surface area contributed by atoms with Crippen LogP contribution in [0.2, 0.25) is 0 Å². The van der Waals surface area contributed by atoms with Crippen molar-refractivity contribution in [2.75, 3.05) is 6.61 Å². The average molecular weight is 349 g/mol. The zero-order chi connectivity index (χ0) is 12.1. The molecule has 0 unspecified atom stereocenters. The van der Waals surface area contributed by atoms with Crippen LogP contribution in [0.1, 0.15) is 12.5 Å². The van der Waals surface area contributed by atoms with Gasteiger partial charge in [-0.15, -0.1) is 0 Å². The van der Waals surface area contributed by atoms with Gasteiger partial charge in [-0.2, -0.15) is 5.26 Å². The Kier molecular flexibility index (Phi) is 4.77. The summed E-state index contributed by atoms with van der Waals surface area (Å²) in [4.78, 5) is 11.1.